The zero-order valence-electron chi connectivity index (χ0n) is 13.6. The highest BCUT2D eigenvalue weighted by Gasteiger charge is 2.23. The Morgan fingerprint density at radius 1 is 1.33 bits per heavy atom. The molecule has 2 N–H and O–H groups in total. The van der Waals surface area contributed by atoms with E-state index < -0.39 is 0 Å². The fraction of sp³-hybridized carbons (Fsp3) is 0.471. The zero-order valence-corrected chi connectivity index (χ0v) is 14.4. The van der Waals surface area contributed by atoms with Crippen LogP contribution in [-0.4, -0.2) is 40.0 Å². The van der Waals surface area contributed by atoms with E-state index in [-0.39, 0.29) is 30.4 Å². The van der Waals surface area contributed by atoms with Crippen LogP contribution < -0.4 is 11.3 Å². The summed E-state index contributed by atoms with van der Waals surface area (Å²) in [6, 6.07) is 7.18. The molecule has 2 aromatic rings. The maximum absolute atomic E-state index is 12.5. The van der Waals surface area contributed by atoms with E-state index >= 15 is 0 Å². The Morgan fingerprint density at radius 3 is 2.92 bits per heavy atom. The first-order valence-corrected chi connectivity index (χ1v) is 8.11. The third kappa shape index (κ3) is 3.94. The van der Waals surface area contributed by atoms with Crippen molar-refractivity contribution >= 4 is 29.2 Å². The van der Waals surface area contributed by atoms with Crippen LogP contribution in [0.5, 0.6) is 0 Å². The molecule has 1 aromatic heterocycles. The number of nitrogens with zero attached hydrogens (tertiary/aromatic N) is 3. The Kier molecular flexibility index (Phi) is 6.34. The number of amides is 1. The van der Waals surface area contributed by atoms with Crippen molar-refractivity contribution in [2.45, 2.75) is 25.8 Å². The third-order valence-corrected chi connectivity index (χ3v) is 4.48. The second-order valence-electron chi connectivity index (χ2n) is 6.12. The van der Waals surface area contributed by atoms with E-state index in [0.29, 0.717) is 23.4 Å². The minimum atomic E-state index is -0.167. The van der Waals surface area contributed by atoms with Gasteiger partial charge in [-0.25, -0.2) is 4.98 Å². The van der Waals surface area contributed by atoms with E-state index in [1.54, 1.807) is 18.2 Å². The summed E-state index contributed by atoms with van der Waals surface area (Å²) in [5, 5.41) is 0.544. The number of hydrogen-bond donors (Lipinski definition) is 1. The molecular weight excluding hydrogens is 328 g/mol. The highest BCUT2D eigenvalue weighted by molar-refractivity contribution is 5.85. The minimum Gasteiger partial charge on any atom is -0.341 e. The van der Waals surface area contributed by atoms with Crippen LogP contribution in [0.2, 0.25) is 0 Å². The summed E-state index contributed by atoms with van der Waals surface area (Å²) in [6.45, 7) is 2.20. The van der Waals surface area contributed by atoms with Crippen LogP contribution in [0.25, 0.3) is 10.9 Å². The summed E-state index contributed by atoms with van der Waals surface area (Å²) in [6.07, 6.45) is 4.53. The number of hydrogen-bond acceptors (Lipinski definition) is 4. The monoisotopic (exact) mass is 350 g/mol. The van der Waals surface area contributed by atoms with Crippen LogP contribution in [0.3, 0.4) is 0 Å². The highest BCUT2D eigenvalue weighted by atomic mass is 35.5. The number of rotatable bonds is 4. The van der Waals surface area contributed by atoms with E-state index in [1.165, 1.54) is 10.9 Å². The van der Waals surface area contributed by atoms with Crippen molar-refractivity contribution in [2.75, 3.05) is 19.6 Å². The Bertz CT molecular complexity index is 760. The van der Waals surface area contributed by atoms with Crippen molar-refractivity contribution in [3.63, 3.8) is 0 Å². The van der Waals surface area contributed by atoms with Gasteiger partial charge in [-0.05, 0) is 43.9 Å². The summed E-state index contributed by atoms with van der Waals surface area (Å²) >= 11 is 0. The number of piperidine rings is 1. The molecule has 1 aliphatic heterocycles. The lowest BCUT2D eigenvalue weighted by Gasteiger charge is -2.32. The second-order valence-corrected chi connectivity index (χ2v) is 6.12. The third-order valence-electron chi connectivity index (χ3n) is 4.48. The number of aromatic nitrogens is 2. The average molecular weight is 351 g/mol. The van der Waals surface area contributed by atoms with Gasteiger partial charge in [-0.1, -0.05) is 12.1 Å². The smallest absolute Gasteiger partial charge is 0.261 e. The van der Waals surface area contributed by atoms with Gasteiger partial charge in [0.25, 0.3) is 5.56 Å². The van der Waals surface area contributed by atoms with Gasteiger partial charge in [-0.3, -0.25) is 14.2 Å². The van der Waals surface area contributed by atoms with Gasteiger partial charge >= 0.3 is 0 Å². The van der Waals surface area contributed by atoms with Crippen LogP contribution in [0, 0.1) is 5.92 Å². The first kappa shape index (κ1) is 18.4. The molecule has 1 aromatic carbocycles. The molecule has 3 rings (SSSR count). The molecule has 24 heavy (non-hydrogen) atoms. The largest absolute Gasteiger partial charge is 0.341 e. The van der Waals surface area contributed by atoms with Gasteiger partial charge < -0.3 is 10.6 Å². The molecule has 2 heterocycles. The number of carbonyl (C=O) groups excluding carboxylic acids is 1. The molecule has 1 amide bonds. The lowest BCUT2D eigenvalue weighted by Crippen LogP contribution is -2.43. The number of benzene rings is 1. The molecule has 1 fully saturated rings. The van der Waals surface area contributed by atoms with E-state index in [9.17, 15) is 9.59 Å². The SMILES string of the molecule is Cl.NCCC1CCCN(C(=O)Cn2cnc3ccccc3c2=O)C1. The maximum atomic E-state index is 12.5. The van der Waals surface area contributed by atoms with Crippen molar-refractivity contribution < 1.29 is 4.79 Å². The van der Waals surface area contributed by atoms with E-state index in [4.69, 9.17) is 5.73 Å². The molecule has 1 aliphatic rings. The second kappa shape index (κ2) is 8.26. The summed E-state index contributed by atoms with van der Waals surface area (Å²) in [7, 11) is 0. The first-order valence-electron chi connectivity index (χ1n) is 8.11. The quantitative estimate of drug-likeness (QED) is 0.903. The molecule has 130 valence electrons. The van der Waals surface area contributed by atoms with Crippen molar-refractivity contribution in [3.8, 4) is 0 Å². The standard InChI is InChI=1S/C17H22N4O2.ClH/c18-8-7-13-4-3-9-20(10-13)16(22)11-21-12-19-15-6-2-1-5-14(15)17(21)23;/h1-2,5-6,12-13H,3-4,7-11,18H2;1H. The van der Waals surface area contributed by atoms with Crippen LogP contribution in [0.15, 0.2) is 35.4 Å². The Hall–Kier alpha value is -1.92. The van der Waals surface area contributed by atoms with E-state index in [2.05, 4.69) is 4.98 Å². The maximum Gasteiger partial charge on any atom is 0.261 e. The van der Waals surface area contributed by atoms with Gasteiger partial charge in [0.2, 0.25) is 5.91 Å². The van der Waals surface area contributed by atoms with Crippen molar-refractivity contribution in [3.05, 3.63) is 40.9 Å². The fourth-order valence-electron chi connectivity index (χ4n) is 3.23. The number of likely N-dealkylation sites (tertiary alicyclic amines) is 1. The molecule has 1 saturated heterocycles. The Labute approximate surface area is 147 Å². The van der Waals surface area contributed by atoms with Crippen molar-refractivity contribution in [1.29, 1.82) is 0 Å². The van der Waals surface area contributed by atoms with Crippen molar-refractivity contribution in [2.24, 2.45) is 11.7 Å². The number of nitrogens with two attached hydrogens (primary N) is 1. The van der Waals surface area contributed by atoms with Gasteiger partial charge in [-0.2, -0.15) is 0 Å². The molecule has 1 unspecified atom stereocenters. The van der Waals surface area contributed by atoms with Crippen LogP contribution in [-0.2, 0) is 11.3 Å². The van der Waals surface area contributed by atoms with Crippen molar-refractivity contribution in [1.82, 2.24) is 14.5 Å². The summed E-state index contributed by atoms with van der Waals surface area (Å²) in [5.41, 5.74) is 6.11. The van der Waals surface area contributed by atoms with Gasteiger partial charge in [0.15, 0.2) is 0 Å². The van der Waals surface area contributed by atoms with Gasteiger partial charge in [0, 0.05) is 13.1 Å². The van der Waals surface area contributed by atoms with E-state index in [0.717, 1.165) is 32.4 Å². The molecule has 0 bridgehead atoms. The summed E-state index contributed by atoms with van der Waals surface area (Å²) in [5.74, 6) is 0.454. The number of halogens is 1. The number of fused-ring (bicyclic) bond motifs is 1. The Balaban J connectivity index is 0.00000208. The van der Waals surface area contributed by atoms with Gasteiger partial charge in [0.05, 0.1) is 17.2 Å². The normalized spacial score (nSPS) is 17.5. The van der Waals surface area contributed by atoms with E-state index in [1.807, 2.05) is 11.0 Å². The molecular formula is C17H23ClN4O2. The van der Waals surface area contributed by atoms with Gasteiger partial charge in [-0.15, -0.1) is 12.4 Å². The topological polar surface area (TPSA) is 81.2 Å². The molecule has 0 saturated carbocycles. The lowest BCUT2D eigenvalue weighted by atomic mass is 9.95. The predicted molar refractivity (Wildman–Crippen MR) is 96.2 cm³/mol. The average Bonchev–Trinajstić information content (AvgIpc) is 2.58. The number of carbonyl (C=O) groups is 1. The molecule has 0 spiro atoms. The molecule has 0 radical (unpaired) electrons. The molecule has 0 aliphatic carbocycles. The van der Waals surface area contributed by atoms with Gasteiger partial charge in [0.1, 0.15) is 6.54 Å². The zero-order chi connectivity index (χ0) is 16.2. The highest BCUT2D eigenvalue weighted by Crippen LogP contribution is 2.19. The summed E-state index contributed by atoms with van der Waals surface area (Å²) in [4.78, 5) is 31.1. The Morgan fingerprint density at radius 2 is 2.12 bits per heavy atom. The van der Waals surface area contributed by atoms with Crippen LogP contribution in [0.1, 0.15) is 19.3 Å². The number of para-hydroxylation sites is 1. The van der Waals surface area contributed by atoms with Crippen LogP contribution in [0.4, 0.5) is 0 Å². The fourth-order valence-corrected chi connectivity index (χ4v) is 3.23. The molecule has 7 heteroatoms. The summed E-state index contributed by atoms with van der Waals surface area (Å²) < 4.78 is 1.40. The lowest BCUT2D eigenvalue weighted by molar-refractivity contribution is -0.133. The minimum absolute atomic E-state index is 0. The van der Waals surface area contributed by atoms with Crippen LogP contribution >= 0.6 is 12.4 Å². The molecule has 6 nitrogen and oxygen atoms in total. The predicted octanol–water partition coefficient (Wildman–Crippen LogP) is 1.41. The first-order chi connectivity index (χ1) is 11.2. The molecule has 1 atom stereocenters.